The lowest BCUT2D eigenvalue weighted by Crippen LogP contribution is -2.41. The molecule has 1 aromatic carbocycles. The Balaban J connectivity index is 1.69. The standard InChI is InChI=1S/C16H20ClN3O/c1-10-6-14-11(8-13(10)17)7-12(19-14)9-18-16(21)15-4-3-5-20(15)2/h6-8,15,19H,3-5,9H2,1-2H3,(H,18,21). The van der Waals surface area contributed by atoms with Gasteiger partial charge in [-0.3, -0.25) is 9.69 Å². The van der Waals surface area contributed by atoms with Gasteiger partial charge in [0.05, 0.1) is 12.6 Å². The van der Waals surface area contributed by atoms with Gasteiger partial charge in [0.2, 0.25) is 5.91 Å². The highest BCUT2D eigenvalue weighted by Crippen LogP contribution is 2.24. The molecule has 21 heavy (non-hydrogen) atoms. The van der Waals surface area contributed by atoms with Crippen LogP contribution < -0.4 is 5.32 Å². The summed E-state index contributed by atoms with van der Waals surface area (Å²) in [7, 11) is 2.00. The molecule has 0 saturated carbocycles. The number of hydrogen-bond donors (Lipinski definition) is 2. The maximum atomic E-state index is 12.2. The number of carbonyl (C=O) groups excluding carboxylic acids is 1. The first kappa shape index (κ1) is 14.4. The summed E-state index contributed by atoms with van der Waals surface area (Å²) in [6.45, 7) is 3.51. The third-order valence-corrected chi connectivity index (χ3v) is 4.64. The van der Waals surface area contributed by atoms with Crippen molar-refractivity contribution >= 4 is 28.4 Å². The number of carbonyl (C=O) groups is 1. The van der Waals surface area contributed by atoms with Crippen LogP contribution in [0.4, 0.5) is 0 Å². The van der Waals surface area contributed by atoms with Gasteiger partial charge in [-0.1, -0.05) is 11.6 Å². The first-order valence-corrected chi connectivity index (χ1v) is 7.68. The van der Waals surface area contributed by atoms with Crippen molar-refractivity contribution in [3.8, 4) is 0 Å². The lowest BCUT2D eigenvalue weighted by molar-refractivity contribution is -0.125. The number of aromatic nitrogens is 1. The van der Waals surface area contributed by atoms with Crippen LogP contribution in [0.15, 0.2) is 18.2 Å². The lowest BCUT2D eigenvalue weighted by atomic mass is 10.2. The molecule has 2 heterocycles. The third-order valence-electron chi connectivity index (χ3n) is 4.23. The summed E-state index contributed by atoms with van der Waals surface area (Å²) in [5.41, 5.74) is 3.11. The van der Waals surface area contributed by atoms with Crippen molar-refractivity contribution in [3.05, 3.63) is 34.5 Å². The maximum absolute atomic E-state index is 12.2. The monoisotopic (exact) mass is 305 g/mol. The number of benzene rings is 1. The van der Waals surface area contributed by atoms with E-state index in [2.05, 4.69) is 15.2 Å². The summed E-state index contributed by atoms with van der Waals surface area (Å²) in [4.78, 5) is 17.6. The molecule has 4 nitrogen and oxygen atoms in total. The number of amides is 1. The Morgan fingerprint density at radius 1 is 1.48 bits per heavy atom. The number of likely N-dealkylation sites (tertiary alicyclic amines) is 1. The number of aromatic amines is 1. The van der Waals surface area contributed by atoms with E-state index in [-0.39, 0.29) is 11.9 Å². The molecule has 1 amide bonds. The minimum Gasteiger partial charge on any atom is -0.357 e. The number of hydrogen-bond acceptors (Lipinski definition) is 2. The summed E-state index contributed by atoms with van der Waals surface area (Å²) >= 11 is 6.14. The fourth-order valence-electron chi connectivity index (χ4n) is 2.96. The van der Waals surface area contributed by atoms with Crippen LogP contribution >= 0.6 is 11.6 Å². The second-order valence-corrected chi connectivity index (χ2v) is 6.25. The zero-order chi connectivity index (χ0) is 15.0. The Morgan fingerprint density at radius 3 is 3.00 bits per heavy atom. The van der Waals surface area contributed by atoms with E-state index in [0.717, 1.165) is 46.6 Å². The van der Waals surface area contributed by atoms with Crippen molar-refractivity contribution in [1.82, 2.24) is 15.2 Å². The van der Waals surface area contributed by atoms with Crippen LogP contribution in [0.25, 0.3) is 10.9 Å². The highest BCUT2D eigenvalue weighted by molar-refractivity contribution is 6.32. The van der Waals surface area contributed by atoms with Crippen LogP contribution in [0.2, 0.25) is 5.02 Å². The molecule has 1 aromatic heterocycles. The number of H-pyrrole nitrogens is 1. The summed E-state index contributed by atoms with van der Waals surface area (Å²) in [6, 6.07) is 6.05. The maximum Gasteiger partial charge on any atom is 0.237 e. The minimum absolute atomic E-state index is 0.0195. The highest BCUT2D eigenvalue weighted by Gasteiger charge is 2.27. The Labute approximate surface area is 129 Å². The number of aryl methyl sites for hydroxylation is 1. The Hall–Kier alpha value is -1.52. The molecule has 1 fully saturated rings. The molecular formula is C16H20ClN3O. The average molecular weight is 306 g/mol. The molecule has 0 spiro atoms. The number of fused-ring (bicyclic) bond motifs is 1. The number of nitrogens with zero attached hydrogens (tertiary/aromatic N) is 1. The molecule has 5 heteroatoms. The first-order valence-electron chi connectivity index (χ1n) is 7.30. The molecule has 0 aliphatic carbocycles. The van der Waals surface area contributed by atoms with Gasteiger partial charge in [0.25, 0.3) is 0 Å². The van der Waals surface area contributed by atoms with Gasteiger partial charge in [-0.15, -0.1) is 0 Å². The van der Waals surface area contributed by atoms with Gasteiger partial charge in [-0.25, -0.2) is 0 Å². The predicted octanol–water partition coefficient (Wildman–Crippen LogP) is 2.84. The van der Waals surface area contributed by atoms with Gasteiger partial charge in [-0.05, 0) is 57.1 Å². The highest BCUT2D eigenvalue weighted by atomic mass is 35.5. The van der Waals surface area contributed by atoms with Crippen molar-refractivity contribution in [2.75, 3.05) is 13.6 Å². The fourth-order valence-corrected chi connectivity index (χ4v) is 3.13. The fraction of sp³-hybridized carbons (Fsp3) is 0.438. The van der Waals surface area contributed by atoms with E-state index in [1.807, 2.05) is 32.2 Å². The van der Waals surface area contributed by atoms with E-state index in [9.17, 15) is 4.79 Å². The van der Waals surface area contributed by atoms with Gasteiger partial charge in [0.1, 0.15) is 0 Å². The lowest BCUT2D eigenvalue weighted by Gasteiger charge is -2.18. The molecule has 3 rings (SSSR count). The smallest absolute Gasteiger partial charge is 0.237 e. The van der Waals surface area contributed by atoms with E-state index in [4.69, 9.17) is 11.6 Å². The van der Waals surface area contributed by atoms with Crippen LogP contribution in [-0.2, 0) is 11.3 Å². The van der Waals surface area contributed by atoms with E-state index in [1.165, 1.54) is 0 Å². The molecule has 1 atom stereocenters. The quantitative estimate of drug-likeness (QED) is 0.916. The van der Waals surface area contributed by atoms with E-state index < -0.39 is 0 Å². The van der Waals surface area contributed by atoms with Crippen molar-refractivity contribution in [2.45, 2.75) is 32.4 Å². The first-order chi connectivity index (χ1) is 10.0. The van der Waals surface area contributed by atoms with Gasteiger partial charge in [0.15, 0.2) is 0 Å². The van der Waals surface area contributed by atoms with Gasteiger partial charge in [0, 0.05) is 21.6 Å². The molecular weight excluding hydrogens is 286 g/mol. The molecule has 0 radical (unpaired) electrons. The summed E-state index contributed by atoms with van der Waals surface area (Å²) in [5.74, 6) is 0.114. The van der Waals surface area contributed by atoms with Crippen LogP contribution in [0, 0.1) is 6.92 Å². The largest absolute Gasteiger partial charge is 0.357 e. The van der Waals surface area contributed by atoms with Crippen molar-refractivity contribution in [2.24, 2.45) is 0 Å². The SMILES string of the molecule is Cc1cc2[nH]c(CNC(=O)C3CCCN3C)cc2cc1Cl. The number of nitrogens with one attached hydrogen (secondary N) is 2. The second kappa shape index (κ2) is 5.70. The van der Waals surface area contributed by atoms with Gasteiger partial charge < -0.3 is 10.3 Å². The zero-order valence-corrected chi connectivity index (χ0v) is 13.1. The summed E-state index contributed by atoms with van der Waals surface area (Å²) in [5, 5.41) is 4.86. The van der Waals surface area contributed by atoms with E-state index in [1.54, 1.807) is 0 Å². The number of halogens is 1. The Morgan fingerprint density at radius 2 is 2.29 bits per heavy atom. The van der Waals surface area contributed by atoms with Crippen LogP contribution in [0.3, 0.4) is 0 Å². The molecule has 2 N–H and O–H groups in total. The molecule has 2 aromatic rings. The molecule has 0 bridgehead atoms. The third kappa shape index (κ3) is 2.92. The van der Waals surface area contributed by atoms with Crippen LogP contribution in [0.1, 0.15) is 24.1 Å². The zero-order valence-electron chi connectivity index (χ0n) is 12.4. The summed E-state index contributed by atoms with van der Waals surface area (Å²) < 4.78 is 0. The van der Waals surface area contributed by atoms with Gasteiger partial charge in [-0.2, -0.15) is 0 Å². The minimum atomic E-state index is 0.0195. The molecule has 1 aliphatic rings. The second-order valence-electron chi connectivity index (χ2n) is 5.84. The average Bonchev–Trinajstić information content (AvgIpc) is 3.03. The topological polar surface area (TPSA) is 48.1 Å². The van der Waals surface area contributed by atoms with Crippen molar-refractivity contribution in [1.29, 1.82) is 0 Å². The molecule has 112 valence electrons. The molecule has 1 unspecified atom stereocenters. The Bertz CT molecular complexity index is 640. The Kier molecular flexibility index (Phi) is 3.91. The normalized spacial score (nSPS) is 19.3. The summed E-state index contributed by atoms with van der Waals surface area (Å²) in [6.07, 6.45) is 2.04. The number of likely N-dealkylation sites (N-methyl/N-ethyl adjacent to an activating group) is 1. The molecule has 1 saturated heterocycles. The molecule has 1 aliphatic heterocycles. The predicted molar refractivity (Wildman–Crippen MR) is 85.5 cm³/mol. The van der Waals surface area contributed by atoms with Gasteiger partial charge >= 0.3 is 0 Å². The van der Waals surface area contributed by atoms with E-state index in [0.29, 0.717) is 6.54 Å². The van der Waals surface area contributed by atoms with Crippen LogP contribution in [-0.4, -0.2) is 35.4 Å². The van der Waals surface area contributed by atoms with Crippen molar-refractivity contribution < 1.29 is 4.79 Å². The van der Waals surface area contributed by atoms with Crippen molar-refractivity contribution in [3.63, 3.8) is 0 Å². The van der Waals surface area contributed by atoms with E-state index >= 15 is 0 Å². The number of rotatable bonds is 3. The van der Waals surface area contributed by atoms with Crippen LogP contribution in [0.5, 0.6) is 0 Å².